The Morgan fingerprint density at radius 3 is 2.39 bits per heavy atom. The van der Waals surface area contributed by atoms with Crippen LogP contribution >= 0.6 is 35.2 Å². The zero-order valence-electron chi connectivity index (χ0n) is 42.7. The van der Waals surface area contributed by atoms with Crippen LogP contribution in [0.15, 0.2) is 12.7 Å². The van der Waals surface area contributed by atoms with Crippen LogP contribution in [0.4, 0.5) is 5.82 Å². The lowest BCUT2D eigenvalue weighted by molar-refractivity contribution is -0.174. The van der Waals surface area contributed by atoms with E-state index in [1.54, 1.807) is 0 Å². The molecule has 7 rings (SSSR count). The van der Waals surface area contributed by atoms with Crippen LogP contribution in [-0.4, -0.2) is 145 Å². The summed E-state index contributed by atoms with van der Waals surface area (Å²) in [5.41, 5.74) is 4.24. The van der Waals surface area contributed by atoms with Crippen LogP contribution in [0.2, 0.25) is 0 Å². The average Bonchev–Trinajstić information content (AvgIpc) is 4.01. The summed E-state index contributed by atoms with van der Waals surface area (Å²) in [6.45, 7) is 7.38. The summed E-state index contributed by atoms with van der Waals surface area (Å²) >= 11 is 1.14. The van der Waals surface area contributed by atoms with Gasteiger partial charge in [0.25, 0.3) is 0 Å². The number of nitrogens with two attached hydrogens (primary N) is 1. The molecule has 3 heterocycles. The normalized spacial score (nSPS) is 34.3. The van der Waals surface area contributed by atoms with Gasteiger partial charge in [0.15, 0.2) is 22.8 Å². The van der Waals surface area contributed by atoms with Gasteiger partial charge >= 0.3 is 23.5 Å². The molecule has 1 aliphatic heterocycles. The van der Waals surface area contributed by atoms with Gasteiger partial charge in [-0.2, -0.15) is 4.31 Å². The van der Waals surface area contributed by atoms with E-state index >= 15 is 0 Å². The van der Waals surface area contributed by atoms with E-state index in [9.17, 15) is 68.1 Å². The van der Waals surface area contributed by atoms with E-state index in [1.807, 2.05) is 0 Å². The van der Waals surface area contributed by atoms with Crippen LogP contribution in [0, 0.1) is 51.8 Å². The minimum atomic E-state index is -5.60. The molecule has 2 aromatic rings. The van der Waals surface area contributed by atoms with Crippen molar-refractivity contribution in [3.63, 3.8) is 0 Å². The monoisotopic (exact) mass is 1140 g/mol. The summed E-state index contributed by atoms with van der Waals surface area (Å²) in [4.78, 5) is 89.7. The summed E-state index contributed by atoms with van der Waals surface area (Å²) in [5, 5.41) is 49.1. The standard InChI is InChI=1S/C45H74N7O19P3S/c1-24(28-9-10-29-27-8-7-25-18-26(53)12-14-44(25,4)30(27)19-32(54)45(28,29)5)6-11-34(56)75-17-16-47-33(55)13-15-48-41(59)38(58)43(2,3)21-68-74(65,66)71-73(63,64)67-20-31-37(70-72(60,61)62)36(57)42(69-31)52-23-51-35-39(46)49-22-50-40(35)52/h22-32,36-38,42,53-54,57-58H,6-21H2,1-5H3,(H,47,55)(H,48,59)(H,63,64)(H,65,66)(H2,46,49,50)(H2,60,61,62)/t24-,25+,26-,27+,28-,29+,30+,31-,32+,36-,37-,38+,42-,44+,45-/m1/s1. The van der Waals surface area contributed by atoms with Gasteiger partial charge in [0, 0.05) is 37.1 Å². The molecule has 26 nitrogen and oxygen atoms in total. The van der Waals surface area contributed by atoms with Gasteiger partial charge in [-0.25, -0.2) is 28.6 Å². The van der Waals surface area contributed by atoms with Crippen molar-refractivity contribution in [3.8, 4) is 0 Å². The fourth-order valence-corrected chi connectivity index (χ4v) is 16.6. The lowest BCUT2D eigenvalue weighted by Crippen LogP contribution is -2.58. The first kappa shape index (κ1) is 60.1. The van der Waals surface area contributed by atoms with Crippen molar-refractivity contribution in [2.75, 3.05) is 37.8 Å². The molecule has 30 heteroatoms. The number of carbonyl (C=O) groups is 3. The second kappa shape index (κ2) is 23.7. The molecule has 1 saturated heterocycles. The van der Waals surface area contributed by atoms with E-state index in [-0.39, 0.29) is 64.5 Å². The van der Waals surface area contributed by atoms with Crippen LogP contribution < -0.4 is 16.4 Å². The number of imidazole rings is 1. The van der Waals surface area contributed by atoms with Gasteiger partial charge in [0.05, 0.1) is 31.7 Å². The Morgan fingerprint density at radius 2 is 1.67 bits per heavy atom. The number of nitrogen functional groups attached to an aromatic ring is 1. The number of aliphatic hydroxyl groups excluding tert-OH is 4. The molecule has 17 atom stereocenters. The molecule has 2 aromatic heterocycles. The first-order valence-corrected chi connectivity index (χ1v) is 30.9. The third-order valence-electron chi connectivity index (χ3n) is 17.1. The average molecular weight is 1140 g/mol. The van der Waals surface area contributed by atoms with Crippen LogP contribution in [0.1, 0.15) is 111 Å². The number of rotatable bonds is 23. The number of hydrogen-bond donors (Lipinski definition) is 11. The van der Waals surface area contributed by atoms with Crippen molar-refractivity contribution >= 4 is 69.1 Å². The minimum Gasteiger partial charge on any atom is -0.393 e. The number of hydrogen-bond acceptors (Lipinski definition) is 20. The minimum absolute atomic E-state index is 0.0164. The van der Waals surface area contributed by atoms with Gasteiger partial charge in [-0.05, 0) is 104 Å². The second-order valence-electron chi connectivity index (χ2n) is 22.2. The summed E-state index contributed by atoms with van der Waals surface area (Å²) in [6.07, 6.45) is 1.50. The second-order valence-corrected chi connectivity index (χ2v) is 27.6. The highest BCUT2D eigenvalue weighted by molar-refractivity contribution is 8.13. The van der Waals surface area contributed by atoms with Crippen LogP contribution in [0.3, 0.4) is 0 Å². The van der Waals surface area contributed by atoms with Crippen LogP contribution in [0.5, 0.6) is 0 Å². The van der Waals surface area contributed by atoms with Gasteiger partial charge in [0.2, 0.25) is 11.8 Å². The van der Waals surface area contributed by atoms with E-state index in [1.165, 1.54) is 13.8 Å². The van der Waals surface area contributed by atoms with Crippen molar-refractivity contribution < 1.29 is 90.7 Å². The molecule has 2 unspecified atom stereocenters. The number of phosphoric ester groups is 3. The SMILES string of the molecule is C[C@H](CCC(=O)SCCNC(=O)CCNC(=O)[C@H](O)C(C)(C)COP(=O)(O)OP(=O)(O)OC[C@H]1O[C@@H](n2cnc3c(N)ncnc32)[C@H](O)[C@@H]1OP(=O)(O)O)[C@H]1CC[C@H]2[C@@H]3CC[C@H]4C[C@H](O)CC[C@]4(C)[C@H]3C[C@H](O)[C@]12C. The fraction of sp³-hybridized carbons (Fsp3) is 0.822. The molecule has 424 valence electrons. The van der Waals surface area contributed by atoms with E-state index < -0.39 is 90.7 Å². The number of phosphoric acid groups is 3. The lowest BCUT2D eigenvalue weighted by atomic mass is 9.43. The number of carbonyl (C=O) groups excluding carboxylic acids is 3. The fourth-order valence-electron chi connectivity index (χ4n) is 13.1. The van der Waals surface area contributed by atoms with Crippen molar-refractivity contribution in [2.24, 2.45) is 51.8 Å². The highest BCUT2D eigenvalue weighted by atomic mass is 32.2. The number of thioether (sulfide) groups is 1. The van der Waals surface area contributed by atoms with E-state index in [2.05, 4.69) is 55.2 Å². The third kappa shape index (κ3) is 13.7. The summed E-state index contributed by atoms with van der Waals surface area (Å²) < 4.78 is 62.7. The van der Waals surface area contributed by atoms with E-state index in [0.717, 1.165) is 80.4 Å². The number of nitrogens with zero attached hydrogens (tertiary/aromatic N) is 4. The number of aliphatic hydroxyl groups is 4. The summed E-state index contributed by atoms with van der Waals surface area (Å²) in [7, 11) is -16.5. The molecule has 2 amide bonds. The van der Waals surface area contributed by atoms with Gasteiger partial charge in [-0.1, -0.05) is 46.4 Å². The molecule has 5 fully saturated rings. The summed E-state index contributed by atoms with van der Waals surface area (Å²) in [6, 6.07) is 0. The lowest BCUT2D eigenvalue weighted by Gasteiger charge is -2.62. The maximum Gasteiger partial charge on any atom is 0.481 e. The molecule has 4 aliphatic carbocycles. The quantitative estimate of drug-likeness (QED) is 0.0562. The van der Waals surface area contributed by atoms with Gasteiger partial charge in [-0.15, -0.1) is 0 Å². The van der Waals surface area contributed by atoms with Crippen molar-refractivity contribution in [1.82, 2.24) is 30.2 Å². The number of amides is 2. The van der Waals surface area contributed by atoms with E-state index in [4.69, 9.17) is 19.5 Å². The van der Waals surface area contributed by atoms with E-state index in [0.29, 0.717) is 48.2 Å². The maximum atomic E-state index is 13.0. The maximum absolute atomic E-state index is 13.0. The Kier molecular flexibility index (Phi) is 19.0. The van der Waals surface area contributed by atoms with Crippen molar-refractivity contribution in [1.29, 1.82) is 0 Å². The highest BCUT2D eigenvalue weighted by Crippen LogP contribution is 2.68. The predicted octanol–water partition coefficient (Wildman–Crippen LogP) is 3.07. The Bertz CT molecular complexity index is 2530. The topological polar surface area (TPSA) is 404 Å². The van der Waals surface area contributed by atoms with Crippen LogP contribution in [-0.2, 0) is 50.7 Å². The number of nitrogens with one attached hydrogen (secondary N) is 2. The Balaban J connectivity index is 0.780. The largest absolute Gasteiger partial charge is 0.481 e. The molecular formula is C45H74N7O19P3S. The molecule has 0 bridgehead atoms. The molecular weight excluding hydrogens is 1070 g/mol. The van der Waals surface area contributed by atoms with Crippen LogP contribution in [0.25, 0.3) is 11.2 Å². The van der Waals surface area contributed by atoms with Gasteiger partial charge in [0.1, 0.15) is 36.3 Å². The number of ether oxygens (including phenoxy) is 1. The number of fused-ring (bicyclic) bond motifs is 6. The first-order valence-electron chi connectivity index (χ1n) is 25.4. The molecule has 0 radical (unpaired) electrons. The number of anilines is 1. The third-order valence-corrected chi connectivity index (χ3v) is 21.1. The smallest absolute Gasteiger partial charge is 0.393 e. The highest BCUT2D eigenvalue weighted by Gasteiger charge is 2.64. The summed E-state index contributed by atoms with van der Waals surface area (Å²) in [5.74, 6) is 1.47. The molecule has 75 heavy (non-hydrogen) atoms. The Labute approximate surface area is 438 Å². The van der Waals surface area contributed by atoms with Crippen molar-refractivity contribution in [3.05, 3.63) is 12.7 Å². The molecule has 5 aliphatic rings. The molecule has 12 N–H and O–H groups in total. The zero-order valence-corrected chi connectivity index (χ0v) is 46.2. The molecule has 4 saturated carbocycles. The Morgan fingerprint density at radius 1 is 0.947 bits per heavy atom. The zero-order chi connectivity index (χ0) is 55.1. The molecule has 0 aromatic carbocycles. The van der Waals surface area contributed by atoms with Gasteiger partial charge in [-0.3, -0.25) is 32.5 Å². The first-order chi connectivity index (χ1) is 35.0. The van der Waals surface area contributed by atoms with Gasteiger partial charge < -0.3 is 61.1 Å². The van der Waals surface area contributed by atoms with Crippen molar-refractivity contribution in [2.45, 2.75) is 148 Å². The number of aromatic nitrogens is 4. The molecule has 0 spiro atoms. The Hall–Kier alpha value is -2.52. The predicted molar refractivity (Wildman–Crippen MR) is 268 cm³/mol.